The zero-order chi connectivity index (χ0) is 14.3. The maximum absolute atomic E-state index is 9.65. The molecule has 0 fully saturated rings. The van der Waals surface area contributed by atoms with Crippen molar-refractivity contribution in [3.05, 3.63) is 23.8 Å². The maximum Gasteiger partial charge on any atom is 0.161 e. The fourth-order valence-corrected chi connectivity index (χ4v) is 1.77. The third-order valence-electron chi connectivity index (χ3n) is 2.82. The van der Waals surface area contributed by atoms with Crippen molar-refractivity contribution in [3.8, 4) is 11.5 Å². The number of nitrogens with zero attached hydrogens (tertiary/aromatic N) is 1. The van der Waals surface area contributed by atoms with E-state index in [1.807, 2.05) is 21.0 Å². The van der Waals surface area contributed by atoms with Crippen LogP contribution in [0, 0.1) is 0 Å². The predicted octanol–water partition coefficient (Wildman–Crippen LogP) is 0.975. The van der Waals surface area contributed by atoms with E-state index in [0.29, 0.717) is 12.4 Å². The van der Waals surface area contributed by atoms with E-state index in [9.17, 15) is 10.2 Å². The van der Waals surface area contributed by atoms with Crippen LogP contribution in [0.2, 0.25) is 0 Å². The second kappa shape index (κ2) is 7.99. The first-order chi connectivity index (χ1) is 9.08. The van der Waals surface area contributed by atoms with E-state index in [0.717, 1.165) is 18.7 Å². The summed E-state index contributed by atoms with van der Waals surface area (Å²) in [5.74, 6) is 0.573. The SMILES string of the molecule is CCOc1cc(C(CO)NCCN(C)C)ccc1O. The fourth-order valence-electron chi connectivity index (χ4n) is 1.77. The van der Waals surface area contributed by atoms with Crippen LogP contribution in [0.5, 0.6) is 11.5 Å². The second-order valence-electron chi connectivity index (χ2n) is 4.65. The Morgan fingerprint density at radius 2 is 2.11 bits per heavy atom. The summed E-state index contributed by atoms with van der Waals surface area (Å²) >= 11 is 0. The van der Waals surface area contributed by atoms with Gasteiger partial charge in [0.2, 0.25) is 0 Å². The number of nitrogens with one attached hydrogen (secondary N) is 1. The molecule has 3 N–H and O–H groups in total. The van der Waals surface area contributed by atoms with Gasteiger partial charge in [-0.25, -0.2) is 0 Å². The van der Waals surface area contributed by atoms with Crippen molar-refractivity contribution in [3.63, 3.8) is 0 Å². The van der Waals surface area contributed by atoms with Crippen LogP contribution < -0.4 is 10.1 Å². The molecule has 0 aliphatic carbocycles. The minimum atomic E-state index is -0.153. The van der Waals surface area contributed by atoms with Crippen LogP contribution in [0.3, 0.4) is 0 Å². The Kier molecular flexibility index (Phi) is 6.62. The van der Waals surface area contributed by atoms with Gasteiger partial charge in [-0.3, -0.25) is 0 Å². The van der Waals surface area contributed by atoms with Crippen LogP contribution in [0.1, 0.15) is 18.5 Å². The summed E-state index contributed by atoms with van der Waals surface area (Å²) < 4.78 is 5.35. The molecule has 1 aromatic carbocycles. The molecule has 108 valence electrons. The minimum absolute atomic E-state index is 0.00374. The normalized spacial score (nSPS) is 12.7. The quantitative estimate of drug-likeness (QED) is 0.656. The van der Waals surface area contributed by atoms with Crippen molar-refractivity contribution in [2.45, 2.75) is 13.0 Å². The fraction of sp³-hybridized carbons (Fsp3) is 0.571. The third-order valence-corrected chi connectivity index (χ3v) is 2.82. The molecule has 0 radical (unpaired) electrons. The second-order valence-corrected chi connectivity index (χ2v) is 4.65. The van der Waals surface area contributed by atoms with E-state index in [-0.39, 0.29) is 18.4 Å². The molecule has 0 saturated heterocycles. The van der Waals surface area contributed by atoms with Crippen molar-refractivity contribution in [1.29, 1.82) is 0 Å². The number of aromatic hydroxyl groups is 1. The molecular weight excluding hydrogens is 244 g/mol. The number of aliphatic hydroxyl groups excluding tert-OH is 1. The number of phenolic OH excluding ortho intramolecular Hbond substituents is 1. The van der Waals surface area contributed by atoms with E-state index in [4.69, 9.17) is 4.74 Å². The van der Waals surface area contributed by atoms with Crippen LogP contribution in [0.4, 0.5) is 0 Å². The lowest BCUT2D eigenvalue weighted by Gasteiger charge is -2.19. The summed E-state index contributed by atoms with van der Waals surface area (Å²) in [5.41, 5.74) is 0.905. The largest absolute Gasteiger partial charge is 0.504 e. The van der Waals surface area contributed by atoms with Gasteiger partial charge in [-0.2, -0.15) is 0 Å². The topological polar surface area (TPSA) is 65.0 Å². The highest BCUT2D eigenvalue weighted by Crippen LogP contribution is 2.29. The number of hydrogen-bond donors (Lipinski definition) is 3. The molecule has 0 bridgehead atoms. The molecule has 0 aromatic heterocycles. The molecular formula is C14H24N2O3. The van der Waals surface area contributed by atoms with Gasteiger partial charge in [0.05, 0.1) is 19.3 Å². The summed E-state index contributed by atoms with van der Waals surface area (Å²) in [5, 5.41) is 22.4. The van der Waals surface area contributed by atoms with Gasteiger partial charge < -0.3 is 25.2 Å². The molecule has 19 heavy (non-hydrogen) atoms. The van der Waals surface area contributed by atoms with Crippen molar-refractivity contribution in [1.82, 2.24) is 10.2 Å². The summed E-state index contributed by atoms with van der Waals surface area (Å²) in [6.45, 7) is 4.04. The van der Waals surface area contributed by atoms with Crippen LogP contribution >= 0.6 is 0 Å². The molecule has 0 aliphatic heterocycles. The Labute approximate surface area is 114 Å². The number of aliphatic hydroxyl groups is 1. The Bertz CT molecular complexity index is 383. The van der Waals surface area contributed by atoms with Gasteiger partial charge in [0.25, 0.3) is 0 Å². The van der Waals surface area contributed by atoms with Crippen molar-refractivity contribution < 1.29 is 14.9 Å². The Hall–Kier alpha value is -1.30. The number of hydrogen-bond acceptors (Lipinski definition) is 5. The smallest absolute Gasteiger partial charge is 0.161 e. The molecule has 0 aliphatic rings. The van der Waals surface area contributed by atoms with E-state index < -0.39 is 0 Å². The first-order valence-corrected chi connectivity index (χ1v) is 6.53. The zero-order valence-corrected chi connectivity index (χ0v) is 11.9. The number of likely N-dealkylation sites (N-methyl/N-ethyl adjacent to an activating group) is 1. The van der Waals surface area contributed by atoms with Gasteiger partial charge in [-0.1, -0.05) is 6.07 Å². The highest BCUT2D eigenvalue weighted by Gasteiger charge is 2.12. The summed E-state index contributed by atoms with van der Waals surface area (Å²) in [6, 6.07) is 5.00. The first kappa shape index (κ1) is 15.8. The summed E-state index contributed by atoms with van der Waals surface area (Å²) in [7, 11) is 4.01. The molecule has 5 nitrogen and oxygen atoms in total. The molecule has 1 aromatic rings. The lowest BCUT2D eigenvalue weighted by molar-refractivity contribution is 0.239. The standard InChI is InChI=1S/C14H24N2O3/c1-4-19-14-9-11(5-6-13(14)18)12(10-17)15-7-8-16(2)3/h5-6,9,12,15,17-18H,4,7-8,10H2,1-3H3. The zero-order valence-electron chi connectivity index (χ0n) is 11.9. The van der Waals surface area contributed by atoms with Crippen molar-refractivity contribution in [2.24, 2.45) is 0 Å². The van der Waals surface area contributed by atoms with Gasteiger partial charge in [0.1, 0.15) is 0 Å². The summed E-state index contributed by atoms with van der Waals surface area (Å²) in [4.78, 5) is 2.07. The minimum Gasteiger partial charge on any atom is -0.504 e. The predicted molar refractivity (Wildman–Crippen MR) is 75.7 cm³/mol. The van der Waals surface area contributed by atoms with Crippen LogP contribution in [0.15, 0.2) is 18.2 Å². The maximum atomic E-state index is 9.65. The van der Waals surface area contributed by atoms with Crippen LogP contribution in [-0.2, 0) is 0 Å². The molecule has 5 heteroatoms. The number of ether oxygens (including phenoxy) is 1. The van der Waals surface area contributed by atoms with E-state index in [1.165, 1.54) is 0 Å². The average Bonchev–Trinajstić information content (AvgIpc) is 2.37. The highest BCUT2D eigenvalue weighted by atomic mass is 16.5. The van der Waals surface area contributed by atoms with Gasteiger partial charge in [-0.05, 0) is 38.7 Å². The van der Waals surface area contributed by atoms with Crippen LogP contribution in [0.25, 0.3) is 0 Å². The number of rotatable bonds is 8. The third kappa shape index (κ3) is 5.06. The Morgan fingerprint density at radius 1 is 1.37 bits per heavy atom. The molecule has 1 unspecified atom stereocenters. The van der Waals surface area contributed by atoms with Crippen LogP contribution in [-0.4, -0.2) is 55.5 Å². The Morgan fingerprint density at radius 3 is 2.68 bits per heavy atom. The molecule has 0 heterocycles. The first-order valence-electron chi connectivity index (χ1n) is 6.53. The van der Waals surface area contributed by atoms with Gasteiger partial charge in [-0.15, -0.1) is 0 Å². The molecule has 0 spiro atoms. The van der Waals surface area contributed by atoms with Crippen molar-refractivity contribution >= 4 is 0 Å². The van der Waals surface area contributed by atoms with Gasteiger partial charge >= 0.3 is 0 Å². The number of benzene rings is 1. The molecule has 1 rings (SSSR count). The van der Waals surface area contributed by atoms with Gasteiger partial charge in [0.15, 0.2) is 11.5 Å². The monoisotopic (exact) mass is 268 g/mol. The van der Waals surface area contributed by atoms with Gasteiger partial charge in [0, 0.05) is 13.1 Å². The van der Waals surface area contributed by atoms with Crippen molar-refractivity contribution in [2.75, 3.05) is 40.4 Å². The lowest BCUT2D eigenvalue weighted by Crippen LogP contribution is -2.31. The number of phenols is 1. The van der Waals surface area contributed by atoms with E-state index >= 15 is 0 Å². The molecule has 0 amide bonds. The van der Waals surface area contributed by atoms with E-state index in [2.05, 4.69) is 10.2 Å². The lowest BCUT2D eigenvalue weighted by atomic mass is 10.1. The summed E-state index contributed by atoms with van der Waals surface area (Å²) in [6.07, 6.45) is 0. The average molecular weight is 268 g/mol. The molecule has 0 saturated carbocycles. The highest BCUT2D eigenvalue weighted by molar-refractivity contribution is 5.42. The van der Waals surface area contributed by atoms with E-state index in [1.54, 1.807) is 18.2 Å². The Balaban J connectivity index is 2.71. The molecule has 1 atom stereocenters.